The Hall–Kier alpha value is -3.85. The summed E-state index contributed by atoms with van der Waals surface area (Å²) >= 11 is 0. The summed E-state index contributed by atoms with van der Waals surface area (Å²) in [5.74, 6) is 1.03. The Morgan fingerprint density at radius 2 is 1.28 bits per heavy atom. The van der Waals surface area contributed by atoms with Crippen LogP contribution in [0.2, 0.25) is 0 Å². The molecule has 0 aromatic heterocycles. The van der Waals surface area contributed by atoms with E-state index in [0.29, 0.717) is 11.5 Å². The maximum absolute atomic E-state index is 12.9. The molecule has 5 aromatic rings. The molecule has 0 unspecified atom stereocenters. The van der Waals surface area contributed by atoms with Gasteiger partial charge in [-0.15, -0.1) is 0 Å². The van der Waals surface area contributed by atoms with Crippen molar-refractivity contribution in [3.63, 3.8) is 0 Å². The standard InChI is InChI=1S/C29H24O3/c1-3-19-16-23-17-22-11-6-8-14-25(22)28(26(23)18-20(19)4-2)32-29(30)31-27-15-9-12-21-10-5-7-13-24(21)27/h5-18H,3-4H2,1-2H3. The van der Waals surface area contributed by atoms with Crippen molar-refractivity contribution in [3.05, 3.63) is 96.1 Å². The van der Waals surface area contributed by atoms with Gasteiger partial charge in [-0.05, 0) is 58.3 Å². The van der Waals surface area contributed by atoms with E-state index in [1.165, 1.54) is 11.1 Å². The van der Waals surface area contributed by atoms with Gasteiger partial charge >= 0.3 is 6.16 Å². The first-order valence-electron chi connectivity index (χ1n) is 11.0. The molecule has 0 atom stereocenters. The van der Waals surface area contributed by atoms with Gasteiger partial charge in [0.05, 0.1) is 0 Å². The molecule has 3 nitrogen and oxygen atoms in total. The summed E-state index contributed by atoms with van der Waals surface area (Å²) < 4.78 is 11.6. The van der Waals surface area contributed by atoms with Gasteiger partial charge in [-0.2, -0.15) is 0 Å². The molecule has 0 aliphatic heterocycles. The molecule has 0 aliphatic rings. The second-order valence-corrected chi connectivity index (χ2v) is 7.91. The molecule has 158 valence electrons. The largest absolute Gasteiger partial charge is 0.519 e. The molecule has 32 heavy (non-hydrogen) atoms. The first-order chi connectivity index (χ1) is 15.7. The van der Waals surface area contributed by atoms with Crippen LogP contribution < -0.4 is 9.47 Å². The Bertz CT molecular complexity index is 1460. The van der Waals surface area contributed by atoms with Crippen molar-refractivity contribution in [1.29, 1.82) is 0 Å². The average molecular weight is 421 g/mol. The highest BCUT2D eigenvalue weighted by atomic mass is 16.7. The minimum absolute atomic E-state index is 0.486. The number of aryl methyl sites for hydroxylation is 2. The molecule has 3 heteroatoms. The van der Waals surface area contributed by atoms with Gasteiger partial charge in [-0.25, -0.2) is 4.79 Å². The summed E-state index contributed by atoms with van der Waals surface area (Å²) in [5.41, 5.74) is 2.59. The molecular formula is C29H24O3. The van der Waals surface area contributed by atoms with Crippen LogP contribution in [0, 0.1) is 0 Å². The minimum atomic E-state index is -0.739. The lowest BCUT2D eigenvalue weighted by Gasteiger charge is -2.15. The molecule has 0 N–H and O–H groups in total. The van der Waals surface area contributed by atoms with Gasteiger partial charge in [-0.3, -0.25) is 0 Å². The predicted molar refractivity (Wildman–Crippen MR) is 131 cm³/mol. The summed E-state index contributed by atoms with van der Waals surface area (Å²) in [6.07, 6.45) is 1.15. The fraction of sp³-hybridized carbons (Fsp3) is 0.138. The summed E-state index contributed by atoms with van der Waals surface area (Å²) in [5, 5.41) is 5.78. The van der Waals surface area contributed by atoms with Crippen LogP contribution in [0.3, 0.4) is 0 Å². The van der Waals surface area contributed by atoms with E-state index >= 15 is 0 Å². The zero-order valence-electron chi connectivity index (χ0n) is 18.2. The lowest BCUT2D eigenvalue weighted by molar-refractivity contribution is 0.153. The van der Waals surface area contributed by atoms with Crippen molar-refractivity contribution < 1.29 is 14.3 Å². The third-order valence-electron chi connectivity index (χ3n) is 6.02. The Kier molecular flexibility index (Phi) is 5.24. The van der Waals surface area contributed by atoms with E-state index in [0.717, 1.165) is 45.2 Å². The third-order valence-corrected chi connectivity index (χ3v) is 6.02. The number of hydrogen-bond acceptors (Lipinski definition) is 3. The van der Waals surface area contributed by atoms with Crippen molar-refractivity contribution in [1.82, 2.24) is 0 Å². The molecule has 0 saturated heterocycles. The Morgan fingerprint density at radius 1 is 0.625 bits per heavy atom. The molecular weight excluding hydrogens is 396 g/mol. The number of benzene rings is 5. The molecule has 5 aromatic carbocycles. The van der Waals surface area contributed by atoms with Crippen molar-refractivity contribution in [2.75, 3.05) is 0 Å². The molecule has 0 amide bonds. The predicted octanol–water partition coefficient (Wildman–Crippen LogP) is 7.85. The second kappa shape index (κ2) is 8.35. The van der Waals surface area contributed by atoms with Crippen LogP contribution >= 0.6 is 0 Å². The van der Waals surface area contributed by atoms with Crippen molar-refractivity contribution in [2.45, 2.75) is 26.7 Å². The Balaban J connectivity index is 1.60. The highest BCUT2D eigenvalue weighted by molar-refractivity contribution is 6.07. The van der Waals surface area contributed by atoms with Gasteiger partial charge in [0.15, 0.2) is 0 Å². The number of hydrogen-bond donors (Lipinski definition) is 0. The van der Waals surface area contributed by atoms with E-state index < -0.39 is 6.16 Å². The SMILES string of the molecule is CCc1cc2cc3ccccc3c(OC(=O)Oc3cccc4ccccc34)c2cc1CC. The van der Waals surface area contributed by atoms with E-state index in [-0.39, 0.29) is 0 Å². The topological polar surface area (TPSA) is 35.5 Å². The van der Waals surface area contributed by atoms with Crippen LogP contribution in [-0.4, -0.2) is 6.16 Å². The van der Waals surface area contributed by atoms with Crippen LogP contribution in [0.1, 0.15) is 25.0 Å². The van der Waals surface area contributed by atoms with Crippen molar-refractivity contribution in [2.24, 2.45) is 0 Å². The van der Waals surface area contributed by atoms with E-state index in [2.05, 4.69) is 32.0 Å². The summed E-state index contributed by atoms with van der Waals surface area (Å²) in [6, 6.07) is 28.0. The first-order valence-corrected chi connectivity index (χ1v) is 11.0. The summed E-state index contributed by atoms with van der Waals surface area (Å²) in [7, 11) is 0. The molecule has 0 saturated carbocycles. The van der Waals surface area contributed by atoms with Gasteiger partial charge in [-0.1, -0.05) is 80.6 Å². The maximum Gasteiger partial charge on any atom is 0.519 e. The van der Waals surface area contributed by atoms with Crippen LogP contribution in [0.4, 0.5) is 4.79 Å². The smallest absolute Gasteiger partial charge is 0.394 e. The zero-order chi connectivity index (χ0) is 22.1. The number of rotatable bonds is 4. The van der Waals surface area contributed by atoms with Gasteiger partial charge in [0.25, 0.3) is 0 Å². The van der Waals surface area contributed by atoms with Crippen molar-refractivity contribution >= 4 is 38.5 Å². The van der Waals surface area contributed by atoms with Gasteiger partial charge in [0.1, 0.15) is 11.5 Å². The quantitative estimate of drug-likeness (QED) is 0.169. The third kappa shape index (κ3) is 3.56. The summed E-state index contributed by atoms with van der Waals surface area (Å²) in [6.45, 7) is 4.32. The van der Waals surface area contributed by atoms with Gasteiger partial charge in [0.2, 0.25) is 0 Å². The highest BCUT2D eigenvalue weighted by Crippen LogP contribution is 2.37. The number of ether oxygens (including phenoxy) is 2. The minimum Gasteiger partial charge on any atom is -0.394 e. The van der Waals surface area contributed by atoms with Crippen LogP contribution in [0.5, 0.6) is 11.5 Å². The molecule has 0 radical (unpaired) electrons. The number of fused-ring (bicyclic) bond motifs is 3. The lowest BCUT2D eigenvalue weighted by atomic mass is 9.95. The second-order valence-electron chi connectivity index (χ2n) is 7.91. The van der Waals surface area contributed by atoms with Gasteiger partial charge < -0.3 is 9.47 Å². The van der Waals surface area contributed by atoms with Crippen LogP contribution in [0.15, 0.2) is 84.9 Å². The Morgan fingerprint density at radius 3 is 2.06 bits per heavy atom. The highest BCUT2D eigenvalue weighted by Gasteiger charge is 2.17. The molecule has 0 bridgehead atoms. The van der Waals surface area contributed by atoms with E-state index in [1.54, 1.807) is 6.07 Å². The van der Waals surface area contributed by atoms with Crippen LogP contribution in [-0.2, 0) is 12.8 Å². The van der Waals surface area contributed by atoms with E-state index in [4.69, 9.17) is 9.47 Å². The molecule has 0 spiro atoms. The normalized spacial score (nSPS) is 11.2. The average Bonchev–Trinajstić information content (AvgIpc) is 2.83. The number of carbonyl (C=O) groups is 1. The molecule has 5 rings (SSSR count). The van der Waals surface area contributed by atoms with E-state index in [1.807, 2.05) is 60.7 Å². The summed E-state index contributed by atoms with van der Waals surface area (Å²) in [4.78, 5) is 12.9. The van der Waals surface area contributed by atoms with Crippen LogP contribution in [0.25, 0.3) is 32.3 Å². The molecule has 0 aliphatic carbocycles. The molecule has 0 fully saturated rings. The lowest BCUT2D eigenvalue weighted by Crippen LogP contribution is -2.14. The Labute approximate surface area is 187 Å². The fourth-order valence-electron chi connectivity index (χ4n) is 4.41. The maximum atomic E-state index is 12.9. The first kappa shape index (κ1) is 20.1. The van der Waals surface area contributed by atoms with Gasteiger partial charge in [0, 0.05) is 16.2 Å². The molecule has 0 heterocycles. The van der Waals surface area contributed by atoms with Crippen molar-refractivity contribution in [3.8, 4) is 11.5 Å². The fourth-order valence-corrected chi connectivity index (χ4v) is 4.41. The monoisotopic (exact) mass is 420 g/mol. The number of carbonyl (C=O) groups excluding carboxylic acids is 1. The zero-order valence-corrected chi connectivity index (χ0v) is 18.2. The van der Waals surface area contributed by atoms with E-state index in [9.17, 15) is 4.79 Å².